The number of anilines is 1. The summed E-state index contributed by atoms with van der Waals surface area (Å²) in [5.41, 5.74) is 8.46. The molecule has 1 aliphatic rings. The lowest BCUT2D eigenvalue weighted by Gasteiger charge is -2.11. The number of nitrogens with zero attached hydrogens (tertiary/aromatic N) is 2. The van der Waals surface area contributed by atoms with E-state index in [-0.39, 0.29) is 5.91 Å². The summed E-state index contributed by atoms with van der Waals surface area (Å²) in [7, 11) is 0. The number of nitrogens with two attached hydrogens (primary N) is 1. The van der Waals surface area contributed by atoms with Crippen LogP contribution < -0.4 is 11.1 Å². The van der Waals surface area contributed by atoms with Gasteiger partial charge in [-0.05, 0) is 30.9 Å². The summed E-state index contributed by atoms with van der Waals surface area (Å²) in [4.78, 5) is 16.8. The fraction of sp³-hybridized carbons (Fsp3) is 0.500. The SMILES string of the molecule is CC(C)CNC(=O)Cn1c(C2CC2)nc2c(N)cccc21. The van der Waals surface area contributed by atoms with Crippen LogP contribution in [0.25, 0.3) is 11.0 Å². The van der Waals surface area contributed by atoms with E-state index in [1.165, 1.54) is 0 Å². The van der Waals surface area contributed by atoms with E-state index in [0.717, 1.165) is 29.7 Å². The summed E-state index contributed by atoms with van der Waals surface area (Å²) in [5.74, 6) is 1.97. The standard InChI is InChI=1S/C16H22N4O/c1-10(2)8-18-14(21)9-20-13-5-3-4-12(17)15(13)19-16(20)11-6-7-11/h3-5,10-11H,6-9,17H2,1-2H3,(H,18,21). The molecule has 0 unspecified atom stereocenters. The molecule has 1 heterocycles. The third kappa shape index (κ3) is 2.86. The minimum Gasteiger partial charge on any atom is -0.397 e. The summed E-state index contributed by atoms with van der Waals surface area (Å²) in [6, 6.07) is 5.76. The van der Waals surface area contributed by atoms with Crippen molar-refractivity contribution >= 4 is 22.6 Å². The first-order valence-electron chi connectivity index (χ1n) is 7.57. The number of nitrogens with one attached hydrogen (secondary N) is 1. The molecule has 1 aromatic carbocycles. The number of imidazole rings is 1. The van der Waals surface area contributed by atoms with Crippen LogP contribution in [0, 0.1) is 5.92 Å². The highest BCUT2D eigenvalue weighted by Gasteiger charge is 2.30. The van der Waals surface area contributed by atoms with Crippen molar-refractivity contribution in [3.8, 4) is 0 Å². The quantitative estimate of drug-likeness (QED) is 0.828. The highest BCUT2D eigenvalue weighted by Crippen LogP contribution is 2.41. The van der Waals surface area contributed by atoms with Crippen molar-refractivity contribution < 1.29 is 4.79 Å². The van der Waals surface area contributed by atoms with Crippen molar-refractivity contribution in [3.05, 3.63) is 24.0 Å². The lowest BCUT2D eigenvalue weighted by atomic mass is 10.2. The zero-order valence-corrected chi connectivity index (χ0v) is 12.6. The maximum absolute atomic E-state index is 12.1. The molecular weight excluding hydrogens is 264 g/mol. The third-order valence-corrected chi connectivity index (χ3v) is 3.79. The van der Waals surface area contributed by atoms with Crippen LogP contribution in [0.3, 0.4) is 0 Å². The fourth-order valence-corrected chi connectivity index (χ4v) is 2.52. The van der Waals surface area contributed by atoms with Crippen molar-refractivity contribution in [2.24, 2.45) is 5.92 Å². The van der Waals surface area contributed by atoms with Crippen LogP contribution in [-0.4, -0.2) is 22.0 Å². The summed E-state index contributed by atoms with van der Waals surface area (Å²) < 4.78 is 2.03. The number of hydrogen-bond acceptors (Lipinski definition) is 3. The van der Waals surface area contributed by atoms with Gasteiger partial charge in [-0.25, -0.2) is 4.98 Å². The van der Waals surface area contributed by atoms with Crippen LogP contribution in [0.5, 0.6) is 0 Å². The first-order chi connectivity index (χ1) is 10.1. The van der Waals surface area contributed by atoms with Gasteiger partial charge in [-0.2, -0.15) is 0 Å². The maximum Gasteiger partial charge on any atom is 0.240 e. The molecule has 3 N–H and O–H groups in total. The number of amides is 1. The summed E-state index contributed by atoms with van der Waals surface area (Å²) >= 11 is 0. The van der Waals surface area contributed by atoms with Crippen LogP contribution in [0.15, 0.2) is 18.2 Å². The van der Waals surface area contributed by atoms with Gasteiger partial charge in [0.15, 0.2) is 0 Å². The highest BCUT2D eigenvalue weighted by atomic mass is 16.1. The second-order valence-corrected chi connectivity index (χ2v) is 6.24. The molecule has 5 nitrogen and oxygen atoms in total. The van der Waals surface area contributed by atoms with E-state index in [4.69, 9.17) is 5.73 Å². The largest absolute Gasteiger partial charge is 0.397 e. The Labute approximate surface area is 124 Å². The van der Waals surface area contributed by atoms with Crippen molar-refractivity contribution in [2.45, 2.75) is 39.2 Å². The molecular formula is C16H22N4O. The molecule has 1 fully saturated rings. The molecule has 112 valence electrons. The van der Waals surface area contributed by atoms with Gasteiger partial charge in [0.1, 0.15) is 17.9 Å². The zero-order valence-electron chi connectivity index (χ0n) is 12.6. The number of fused-ring (bicyclic) bond motifs is 1. The van der Waals surface area contributed by atoms with E-state index < -0.39 is 0 Å². The number of rotatable bonds is 5. The number of carbonyl (C=O) groups excluding carboxylic acids is 1. The second kappa shape index (κ2) is 5.39. The van der Waals surface area contributed by atoms with Crippen molar-refractivity contribution in [1.29, 1.82) is 0 Å². The Morgan fingerprint density at radius 1 is 1.48 bits per heavy atom. The van der Waals surface area contributed by atoms with Crippen molar-refractivity contribution in [2.75, 3.05) is 12.3 Å². The smallest absolute Gasteiger partial charge is 0.240 e. The molecule has 0 atom stereocenters. The lowest BCUT2D eigenvalue weighted by Crippen LogP contribution is -2.31. The van der Waals surface area contributed by atoms with Crippen LogP contribution in [-0.2, 0) is 11.3 Å². The molecule has 5 heteroatoms. The molecule has 0 bridgehead atoms. The van der Waals surface area contributed by atoms with Gasteiger partial charge in [-0.1, -0.05) is 19.9 Å². The predicted octanol–water partition coefficient (Wildman–Crippen LogP) is 2.27. The normalized spacial score (nSPS) is 14.8. The van der Waals surface area contributed by atoms with E-state index in [0.29, 0.717) is 30.6 Å². The Bertz CT molecular complexity index is 670. The van der Waals surface area contributed by atoms with Gasteiger partial charge in [0, 0.05) is 12.5 Å². The Balaban J connectivity index is 1.91. The molecule has 1 aromatic heterocycles. The van der Waals surface area contributed by atoms with Gasteiger partial charge in [-0.3, -0.25) is 4.79 Å². The van der Waals surface area contributed by atoms with E-state index in [9.17, 15) is 4.79 Å². The van der Waals surface area contributed by atoms with Crippen LogP contribution >= 0.6 is 0 Å². The van der Waals surface area contributed by atoms with Gasteiger partial charge < -0.3 is 15.6 Å². The van der Waals surface area contributed by atoms with Crippen molar-refractivity contribution in [3.63, 3.8) is 0 Å². The molecule has 1 amide bonds. The van der Waals surface area contributed by atoms with Gasteiger partial charge in [0.05, 0.1) is 11.2 Å². The topological polar surface area (TPSA) is 72.9 Å². The molecule has 0 aliphatic heterocycles. The van der Waals surface area contributed by atoms with Gasteiger partial charge in [0.25, 0.3) is 0 Å². The third-order valence-electron chi connectivity index (χ3n) is 3.79. The van der Waals surface area contributed by atoms with Crippen LogP contribution in [0.4, 0.5) is 5.69 Å². The number of benzene rings is 1. The molecule has 1 saturated carbocycles. The average molecular weight is 286 g/mol. The van der Waals surface area contributed by atoms with Crippen LogP contribution in [0.2, 0.25) is 0 Å². The molecule has 1 aliphatic carbocycles. The van der Waals surface area contributed by atoms with Crippen molar-refractivity contribution in [1.82, 2.24) is 14.9 Å². The number of nitrogen functional groups attached to an aromatic ring is 1. The first kappa shape index (κ1) is 13.9. The molecule has 21 heavy (non-hydrogen) atoms. The number of hydrogen-bond donors (Lipinski definition) is 2. The summed E-state index contributed by atoms with van der Waals surface area (Å²) in [6.45, 7) is 5.19. The molecule has 0 saturated heterocycles. The Morgan fingerprint density at radius 3 is 2.90 bits per heavy atom. The second-order valence-electron chi connectivity index (χ2n) is 6.24. The van der Waals surface area contributed by atoms with Crippen LogP contribution in [0.1, 0.15) is 38.4 Å². The predicted molar refractivity (Wildman–Crippen MR) is 84.0 cm³/mol. The van der Waals surface area contributed by atoms with Gasteiger partial charge in [0.2, 0.25) is 5.91 Å². The van der Waals surface area contributed by atoms with Gasteiger partial charge >= 0.3 is 0 Å². The van der Waals surface area contributed by atoms with E-state index >= 15 is 0 Å². The molecule has 0 spiro atoms. The zero-order chi connectivity index (χ0) is 15.0. The van der Waals surface area contributed by atoms with E-state index in [1.807, 2.05) is 22.8 Å². The van der Waals surface area contributed by atoms with E-state index in [2.05, 4.69) is 24.1 Å². The summed E-state index contributed by atoms with van der Waals surface area (Å²) in [5, 5.41) is 2.97. The molecule has 2 aromatic rings. The Kier molecular flexibility index (Phi) is 3.57. The monoisotopic (exact) mass is 286 g/mol. The molecule has 3 rings (SSSR count). The fourth-order valence-electron chi connectivity index (χ4n) is 2.52. The number of para-hydroxylation sites is 1. The Hall–Kier alpha value is -2.04. The number of carbonyl (C=O) groups is 1. The molecule has 0 radical (unpaired) electrons. The highest BCUT2D eigenvalue weighted by molar-refractivity contribution is 5.89. The minimum atomic E-state index is 0.0346. The lowest BCUT2D eigenvalue weighted by molar-refractivity contribution is -0.121. The Morgan fingerprint density at radius 2 is 2.24 bits per heavy atom. The van der Waals surface area contributed by atoms with Gasteiger partial charge in [-0.15, -0.1) is 0 Å². The maximum atomic E-state index is 12.1. The average Bonchev–Trinajstić information content (AvgIpc) is 3.21. The summed E-state index contributed by atoms with van der Waals surface area (Å²) in [6.07, 6.45) is 2.30. The minimum absolute atomic E-state index is 0.0346. The first-order valence-corrected chi connectivity index (χ1v) is 7.57. The van der Waals surface area contributed by atoms with E-state index in [1.54, 1.807) is 0 Å². The number of aromatic nitrogens is 2.